The zero-order valence-electron chi connectivity index (χ0n) is 12.0. The van der Waals surface area contributed by atoms with E-state index >= 15 is 0 Å². The number of likely N-dealkylation sites (tertiary alicyclic amines) is 1. The molecule has 2 saturated heterocycles. The van der Waals surface area contributed by atoms with E-state index in [0.29, 0.717) is 16.7 Å². The van der Waals surface area contributed by atoms with Gasteiger partial charge < -0.3 is 15.5 Å². The van der Waals surface area contributed by atoms with Crippen molar-refractivity contribution in [2.75, 3.05) is 30.3 Å². The topological polar surface area (TPSA) is 62.5 Å². The van der Waals surface area contributed by atoms with E-state index in [9.17, 15) is 4.79 Å². The molecule has 2 aliphatic rings. The number of carbonyl (C=O) groups is 1. The van der Waals surface area contributed by atoms with Gasteiger partial charge in [-0.3, -0.25) is 4.79 Å². The Balaban J connectivity index is 1.79. The van der Waals surface area contributed by atoms with Crippen LogP contribution < -0.4 is 10.6 Å². The number of nitrogens with zero attached hydrogens (tertiary/aromatic N) is 3. The Morgan fingerprint density at radius 1 is 1.25 bits per heavy atom. The molecule has 110 valence electrons. The minimum Gasteiger partial charge on any atom is -0.382 e. The number of hydrogen-bond donors (Lipinski definition) is 1. The predicted octanol–water partition coefficient (Wildman–Crippen LogP) is 2.34. The molecule has 2 aliphatic heterocycles. The van der Waals surface area contributed by atoms with Gasteiger partial charge in [0.2, 0.25) is 0 Å². The Hall–Kier alpha value is -1.30. The van der Waals surface area contributed by atoms with Gasteiger partial charge in [-0.25, -0.2) is 4.98 Å². The highest BCUT2D eigenvalue weighted by molar-refractivity contribution is 7.18. The number of aromatic nitrogens is 1. The molecule has 2 N–H and O–H groups in total. The molecule has 6 heteroatoms. The Bertz CT molecular complexity index is 495. The van der Waals surface area contributed by atoms with Crippen LogP contribution in [0.15, 0.2) is 0 Å². The van der Waals surface area contributed by atoms with E-state index < -0.39 is 0 Å². The van der Waals surface area contributed by atoms with Crippen molar-refractivity contribution in [1.82, 2.24) is 9.88 Å². The summed E-state index contributed by atoms with van der Waals surface area (Å²) in [5.74, 6) is 0.466. The van der Waals surface area contributed by atoms with E-state index in [-0.39, 0.29) is 5.91 Å². The largest absolute Gasteiger partial charge is 0.382 e. The molecule has 1 aromatic heterocycles. The first kappa shape index (κ1) is 13.7. The highest BCUT2D eigenvalue weighted by Gasteiger charge is 2.30. The average Bonchev–Trinajstić information content (AvgIpc) is 3.05. The number of piperidine rings is 1. The SMILES string of the molecule is CC1CCCN1C(=O)c1sc(N2CCCCC2)nc1N. The van der Waals surface area contributed by atoms with E-state index in [1.54, 1.807) is 0 Å². The molecule has 3 rings (SSSR count). The van der Waals surface area contributed by atoms with Crippen molar-refractivity contribution in [2.24, 2.45) is 0 Å². The van der Waals surface area contributed by atoms with Gasteiger partial charge in [0, 0.05) is 25.7 Å². The molecule has 1 unspecified atom stereocenters. The van der Waals surface area contributed by atoms with Crippen molar-refractivity contribution < 1.29 is 4.79 Å². The summed E-state index contributed by atoms with van der Waals surface area (Å²) < 4.78 is 0. The molecule has 1 atom stereocenters. The van der Waals surface area contributed by atoms with E-state index in [2.05, 4.69) is 16.8 Å². The molecular weight excluding hydrogens is 272 g/mol. The first-order valence-electron chi connectivity index (χ1n) is 7.49. The fourth-order valence-electron chi connectivity index (χ4n) is 3.06. The number of rotatable bonds is 2. The summed E-state index contributed by atoms with van der Waals surface area (Å²) in [6.45, 7) is 5.01. The van der Waals surface area contributed by atoms with Crippen LogP contribution in [0.2, 0.25) is 0 Å². The van der Waals surface area contributed by atoms with Crippen LogP contribution in [-0.4, -0.2) is 41.5 Å². The number of hydrogen-bond acceptors (Lipinski definition) is 5. The van der Waals surface area contributed by atoms with Crippen LogP contribution in [0.1, 0.15) is 48.7 Å². The number of carbonyl (C=O) groups excluding carboxylic acids is 1. The van der Waals surface area contributed by atoms with Crippen molar-refractivity contribution in [3.8, 4) is 0 Å². The number of nitrogen functional groups attached to an aromatic ring is 1. The standard InChI is InChI=1S/C14H22N4OS/c1-10-6-5-9-18(10)13(19)11-12(15)16-14(20-11)17-7-3-2-4-8-17/h10H,2-9,15H2,1H3. The van der Waals surface area contributed by atoms with Gasteiger partial charge in [0.15, 0.2) is 5.13 Å². The Morgan fingerprint density at radius 2 is 2.00 bits per heavy atom. The van der Waals surface area contributed by atoms with Crippen LogP contribution >= 0.6 is 11.3 Å². The van der Waals surface area contributed by atoms with E-state index in [4.69, 9.17) is 5.73 Å². The zero-order chi connectivity index (χ0) is 14.1. The number of thiazole rings is 1. The molecule has 20 heavy (non-hydrogen) atoms. The second-order valence-electron chi connectivity index (χ2n) is 5.75. The maximum Gasteiger partial charge on any atom is 0.268 e. The Labute approximate surface area is 123 Å². The van der Waals surface area contributed by atoms with Crippen LogP contribution in [0.5, 0.6) is 0 Å². The van der Waals surface area contributed by atoms with Gasteiger partial charge in [-0.1, -0.05) is 11.3 Å². The van der Waals surface area contributed by atoms with Gasteiger partial charge in [-0.05, 0) is 39.0 Å². The first-order valence-corrected chi connectivity index (χ1v) is 8.30. The van der Waals surface area contributed by atoms with Crippen LogP contribution in [0.4, 0.5) is 10.9 Å². The lowest BCUT2D eigenvalue weighted by molar-refractivity contribution is 0.0753. The second-order valence-corrected chi connectivity index (χ2v) is 6.73. The lowest BCUT2D eigenvalue weighted by Crippen LogP contribution is -2.33. The first-order chi connectivity index (χ1) is 9.66. The summed E-state index contributed by atoms with van der Waals surface area (Å²) in [6.07, 6.45) is 5.86. The van der Waals surface area contributed by atoms with Crippen molar-refractivity contribution in [1.29, 1.82) is 0 Å². The quantitative estimate of drug-likeness (QED) is 0.909. The molecule has 1 aromatic rings. The van der Waals surface area contributed by atoms with Crippen molar-refractivity contribution in [3.63, 3.8) is 0 Å². The molecule has 0 aromatic carbocycles. The summed E-state index contributed by atoms with van der Waals surface area (Å²) in [6, 6.07) is 0.322. The molecule has 0 radical (unpaired) electrons. The van der Waals surface area contributed by atoms with Gasteiger partial charge in [0.25, 0.3) is 5.91 Å². The lowest BCUT2D eigenvalue weighted by Gasteiger charge is -2.25. The summed E-state index contributed by atoms with van der Waals surface area (Å²) in [5.41, 5.74) is 5.99. The van der Waals surface area contributed by atoms with Crippen LogP contribution in [-0.2, 0) is 0 Å². The highest BCUT2D eigenvalue weighted by atomic mass is 32.1. The Morgan fingerprint density at radius 3 is 2.65 bits per heavy atom. The summed E-state index contributed by atoms with van der Waals surface area (Å²) >= 11 is 1.46. The third-order valence-corrected chi connectivity index (χ3v) is 5.40. The van der Waals surface area contributed by atoms with Crippen LogP contribution in [0.25, 0.3) is 0 Å². The van der Waals surface area contributed by atoms with Crippen molar-refractivity contribution >= 4 is 28.2 Å². The molecule has 0 saturated carbocycles. The Kier molecular flexibility index (Phi) is 3.83. The summed E-state index contributed by atoms with van der Waals surface area (Å²) in [7, 11) is 0. The van der Waals surface area contributed by atoms with Crippen LogP contribution in [0.3, 0.4) is 0 Å². The molecule has 0 aliphatic carbocycles. The molecule has 2 fully saturated rings. The normalized spacial score (nSPS) is 23.4. The van der Waals surface area contributed by atoms with Crippen LogP contribution in [0, 0.1) is 0 Å². The molecule has 0 spiro atoms. The maximum atomic E-state index is 12.6. The van der Waals surface area contributed by atoms with E-state index in [0.717, 1.165) is 37.6 Å². The van der Waals surface area contributed by atoms with Gasteiger partial charge in [0.05, 0.1) is 0 Å². The molecule has 1 amide bonds. The molecule has 0 bridgehead atoms. The summed E-state index contributed by atoms with van der Waals surface area (Å²) in [4.78, 5) is 21.8. The van der Waals surface area contributed by atoms with Gasteiger partial charge in [-0.15, -0.1) is 0 Å². The molecule has 5 nitrogen and oxygen atoms in total. The minimum absolute atomic E-state index is 0.0632. The monoisotopic (exact) mass is 294 g/mol. The second kappa shape index (κ2) is 5.60. The van der Waals surface area contributed by atoms with Gasteiger partial charge in [-0.2, -0.15) is 0 Å². The number of nitrogens with two attached hydrogens (primary N) is 1. The fraction of sp³-hybridized carbons (Fsp3) is 0.714. The van der Waals surface area contributed by atoms with Gasteiger partial charge >= 0.3 is 0 Å². The predicted molar refractivity (Wildman–Crippen MR) is 82.3 cm³/mol. The number of amides is 1. The number of anilines is 2. The fourth-order valence-corrected chi connectivity index (χ4v) is 4.05. The highest BCUT2D eigenvalue weighted by Crippen LogP contribution is 2.32. The van der Waals surface area contributed by atoms with Crippen molar-refractivity contribution in [3.05, 3.63) is 4.88 Å². The van der Waals surface area contributed by atoms with Crippen molar-refractivity contribution in [2.45, 2.75) is 45.1 Å². The minimum atomic E-state index is 0.0632. The third-order valence-electron chi connectivity index (χ3n) is 4.28. The van der Waals surface area contributed by atoms with Gasteiger partial charge in [0.1, 0.15) is 10.7 Å². The molecule has 3 heterocycles. The molecular formula is C14H22N4OS. The van der Waals surface area contributed by atoms with E-state index in [1.165, 1.54) is 30.6 Å². The maximum absolute atomic E-state index is 12.6. The average molecular weight is 294 g/mol. The third kappa shape index (κ3) is 2.49. The lowest BCUT2D eigenvalue weighted by atomic mass is 10.1. The smallest absolute Gasteiger partial charge is 0.268 e. The zero-order valence-corrected chi connectivity index (χ0v) is 12.8. The summed E-state index contributed by atoms with van der Waals surface area (Å²) in [5, 5.41) is 0.914. The van der Waals surface area contributed by atoms with E-state index in [1.807, 2.05) is 4.90 Å².